The molecule has 0 radical (unpaired) electrons. The summed E-state index contributed by atoms with van der Waals surface area (Å²) in [4.78, 5) is 12.4. The number of halogens is 3. The molecule has 1 aromatic rings. The van der Waals surface area contributed by atoms with Crippen molar-refractivity contribution in [2.24, 2.45) is 5.92 Å². The molecule has 0 saturated carbocycles. The van der Waals surface area contributed by atoms with E-state index in [0.717, 1.165) is 0 Å². The molecule has 0 fully saturated rings. The Hall–Kier alpha value is -1.76. The van der Waals surface area contributed by atoms with Gasteiger partial charge in [0.25, 0.3) is 0 Å². The van der Waals surface area contributed by atoms with Crippen LogP contribution in [0.2, 0.25) is 0 Å². The molecule has 0 aliphatic heterocycles. The Morgan fingerprint density at radius 1 is 1.33 bits per heavy atom. The minimum atomic E-state index is -4.77. The zero-order chi connectivity index (χ0) is 16.0. The van der Waals surface area contributed by atoms with Gasteiger partial charge in [0.05, 0.1) is 6.54 Å². The average Bonchev–Trinajstić information content (AvgIpc) is 2.27. The van der Waals surface area contributed by atoms with Crippen molar-refractivity contribution in [1.82, 2.24) is 4.90 Å². The van der Waals surface area contributed by atoms with Gasteiger partial charge in [0.1, 0.15) is 5.75 Å². The standard InChI is InChI=1S/C14H18F3NO3/c1-10(2)7-18(9-13(19)20)8-11-5-3-4-6-12(11)21-14(15,16)17/h3-6,10H,7-9H2,1-2H3,(H,19,20). The largest absolute Gasteiger partial charge is 0.573 e. The fraction of sp³-hybridized carbons (Fsp3) is 0.500. The van der Waals surface area contributed by atoms with Crippen LogP contribution in [0.4, 0.5) is 13.2 Å². The van der Waals surface area contributed by atoms with Crippen molar-refractivity contribution in [3.05, 3.63) is 29.8 Å². The molecule has 21 heavy (non-hydrogen) atoms. The summed E-state index contributed by atoms with van der Waals surface area (Å²) < 4.78 is 41.0. The van der Waals surface area contributed by atoms with E-state index >= 15 is 0 Å². The highest BCUT2D eigenvalue weighted by Gasteiger charge is 2.32. The van der Waals surface area contributed by atoms with Crippen molar-refractivity contribution in [2.75, 3.05) is 13.1 Å². The van der Waals surface area contributed by atoms with Crippen LogP contribution in [0.5, 0.6) is 5.75 Å². The first-order valence-corrected chi connectivity index (χ1v) is 6.45. The fourth-order valence-corrected chi connectivity index (χ4v) is 1.99. The van der Waals surface area contributed by atoms with Crippen LogP contribution in [-0.2, 0) is 11.3 Å². The molecule has 0 atom stereocenters. The number of carboxylic acids is 1. The summed E-state index contributed by atoms with van der Waals surface area (Å²) >= 11 is 0. The number of para-hydroxylation sites is 1. The molecule has 1 aromatic carbocycles. The van der Waals surface area contributed by atoms with E-state index < -0.39 is 12.3 Å². The van der Waals surface area contributed by atoms with Crippen molar-refractivity contribution in [2.45, 2.75) is 26.8 Å². The summed E-state index contributed by atoms with van der Waals surface area (Å²) in [7, 11) is 0. The van der Waals surface area contributed by atoms with Gasteiger partial charge in [-0.2, -0.15) is 0 Å². The molecule has 0 bridgehead atoms. The Kier molecular flexibility index (Phi) is 6.02. The highest BCUT2D eigenvalue weighted by Crippen LogP contribution is 2.27. The third-order valence-corrected chi connectivity index (χ3v) is 2.57. The predicted molar refractivity (Wildman–Crippen MR) is 70.9 cm³/mol. The molecule has 0 aliphatic carbocycles. The van der Waals surface area contributed by atoms with Crippen LogP contribution >= 0.6 is 0 Å². The summed E-state index contributed by atoms with van der Waals surface area (Å²) in [6.07, 6.45) is -4.77. The number of hydrogen-bond acceptors (Lipinski definition) is 3. The summed E-state index contributed by atoms with van der Waals surface area (Å²) in [5.41, 5.74) is 0.303. The number of carbonyl (C=O) groups is 1. The van der Waals surface area contributed by atoms with E-state index in [9.17, 15) is 18.0 Å². The zero-order valence-corrected chi connectivity index (χ0v) is 11.9. The first-order valence-electron chi connectivity index (χ1n) is 6.45. The highest BCUT2D eigenvalue weighted by molar-refractivity contribution is 5.69. The number of hydrogen-bond donors (Lipinski definition) is 1. The fourth-order valence-electron chi connectivity index (χ4n) is 1.99. The predicted octanol–water partition coefficient (Wildman–Crippen LogP) is 3.13. The van der Waals surface area contributed by atoms with Gasteiger partial charge in [-0.25, -0.2) is 0 Å². The highest BCUT2D eigenvalue weighted by atomic mass is 19.4. The van der Waals surface area contributed by atoms with Gasteiger partial charge >= 0.3 is 12.3 Å². The Balaban J connectivity index is 2.89. The zero-order valence-electron chi connectivity index (χ0n) is 11.9. The minimum Gasteiger partial charge on any atom is -0.480 e. The van der Waals surface area contributed by atoms with Crippen LogP contribution in [0.15, 0.2) is 24.3 Å². The first kappa shape index (κ1) is 17.3. The van der Waals surface area contributed by atoms with Crippen molar-refractivity contribution in [1.29, 1.82) is 0 Å². The number of alkyl halides is 3. The van der Waals surface area contributed by atoms with Crippen molar-refractivity contribution < 1.29 is 27.8 Å². The molecular formula is C14H18F3NO3. The van der Waals surface area contributed by atoms with Crippen molar-refractivity contribution in [3.8, 4) is 5.75 Å². The van der Waals surface area contributed by atoms with Gasteiger partial charge in [-0.05, 0) is 12.0 Å². The Labute approximate surface area is 121 Å². The monoisotopic (exact) mass is 305 g/mol. The smallest absolute Gasteiger partial charge is 0.480 e. The van der Waals surface area contributed by atoms with Crippen LogP contribution in [0.1, 0.15) is 19.4 Å². The number of ether oxygens (including phenoxy) is 1. The van der Waals surface area contributed by atoms with Gasteiger partial charge in [-0.3, -0.25) is 9.69 Å². The molecule has 7 heteroatoms. The maximum absolute atomic E-state index is 12.3. The number of nitrogens with zero attached hydrogens (tertiary/aromatic N) is 1. The van der Waals surface area contributed by atoms with Crippen molar-refractivity contribution >= 4 is 5.97 Å². The molecule has 1 N–H and O–H groups in total. The average molecular weight is 305 g/mol. The van der Waals surface area contributed by atoms with Gasteiger partial charge in [0, 0.05) is 18.7 Å². The first-order chi connectivity index (χ1) is 9.67. The molecular weight excluding hydrogens is 287 g/mol. The minimum absolute atomic E-state index is 0.0801. The third-order valence-electron chi connectivity index (χ3n) is 2.57. The topological polar surface area (TPSA) is 49.8 Å². The Morgan fingerprint density at radius 2 is 1.95 bits per heavy atom. The number of rotatable bonds is 7. The molecule has 0 unspecified atom stereocenters. The van der Waals surface area contributed by atoms with Gasteiger partial charge in [-0.15, -0.1) is 13.2 Å². The van der Waals surface area contributed by atoms with Crippen molar-refractivity contribution in [3.63, 3.8) is 0 Å². The Morgan fingerprint density at radius 3 is 2.48 bits per heavy atom. The lowest BCUT2D eigenvalue weighted by molar-refractivity contribution is -0.275. The quantitative estimate of drug-likeness (QED) is 0.841. The van der Waals surface area contributed by atoms with Gasteiger partial charge in [0.15, 0.2) is 0 Å². The summed E-state index contributed by atoms with van der Waals surface area (Å²) in [5.74, 6) is -1.13. The van der Waals surface area contributed by atoms with E-state index in [4.69, 9.17) is 5.11 Å². The van der Waals surface area contributed by atoms with Gasteiger partial charge in [0.2, 0.25) is 0 Å². The number of benzene rings is 1. The number of carboxylic acid groups (broad SMARTS) is 1. The van der Waals surface area contributed by atoms with Gasteiger partial charge in [-0.1, -0.05) is 32.0 Å². The van der Waals surface area contributed by atoms with Crippen LogP contribution in [-0.4, -0.2) is 35.4 Å². The second-order valence-electron chi connectivity index (χ2n) is 5.11. The van der Waals surface area contributed by atoms with Crippen LogP contribution in [0.3, 0.4) is 0 Å². The van der Waals surface area contributed by atoms with Crippen LogP contribution in [0.25, 0.3) is 0 Å². The lowest BCUT2D eigenvalue weighted by Crippen LogP contribution is -2.32. The molecule has 0 heterocycles. The van der Waals surface area contributed by atoms with Crippen LogP contribution < -0.4 is 4.74 Å². The summed E-state index contributed by atoms with van der Waals surface area (Å²) in [6, 6.07) is 5.74. The van der Waals surface area contributed by atoms with E-state index in [-0.39, 0.29) is 24.8 Å². The molecule has 1 rings (SSSR count). The third kappa shape index (κ3) is 6.99. The molecule has 0 amide bonds. The van der Waals surface area contributed by atoms with E-state index in [1.807, 2.05) is 13.8 Å². The Bertz CT molecular complexity index is 475. The normalized spacial score (nSPS) is 12.0. The maximum Gasteiger partial charge on any atom is 0.573 e. The molecule has 118 valence electrons. The molecule has 0 spiro atoms. The van der Waals surface area contributed by atoms with E-state index in [0.29, 0.717) is 12.1 Å². The number of aliphatic carboxylic acids is 1. The molecule has 0 aliphatic rings. The molecule has 0 aromatic heterocycles. The molecule has 0 saturated heterocycles. The summed E-state index contributed by atoms with van der Waals surface area (Å²) in [5, 5.41) is 8.88. The van der Waals surface area contributed by atoms with Gasteiger partial charge < -0.3 is 9.84 Å². The SMILES string of the molecule is CC(C)CN(CC(=O)O)Cc1ccccc1OC(F)(F)F. The lowest BCUT2D eigenvalue weighted by atomic mass is 10.1. The van der Waals surface area contributed by atoms with Crippen LogP contribution in [0, 0.1) is 5.92 Å². The maximum atomic E-state index is 12.3. The second kappa shape index (κ2) is 7.31. The van der Waals surface area contributed by atoms with E-state index in [2.05, 4.69) is 4.74 Å². The van der Waals surface area contributed by atoms with E-state index in [1.165, 1.54) is 18.2 Å². The second-order valence-corrected chi connectivity index (χ2v) is 5.11. The molecule has 4 nitrogen and oxygen atoms in total. The summed E-state index contributed by atoms with van der Waals surface area (Å²) in [6.45, 7) is 4.13. The van der Waals surface area contributed by atoms with E-state index in [1.54, 1.807) is 11.0 Å². The lowest BCUT2D eigenvalue weighted by Gasteiger charge is -2.23.